The number of nitrogens with zero attached hydrogens (tertiary/aromatic N) is 2. The molecule has 0 aliphatic rings. The first-order chi connectivity index (χ1) is 18.0. The Morgan fingerprint density at radius 2 is 1.54 bits per heavy atom. The van der Waals surface area contributed by atoms with E-state index < -0.39 is 0 Å². The van der Waals surface area contributed by atoms with Crippen LogP contribution in [0.2, 0.25) is 0 Å². The average Bonchev–Trinajstić information content (AvgIpc) is 2.95. The van der Waals surface area contributed by atoms with E-state index in [1.807, 2.05) is 49.5 Å². The zero-order chi connectivity index (χ0) is 26.9. The maximum Gasteiger partial charge on any atom is 0.213 e. The van der Waals surface area contributed by atoms with Crippen molar-refractivity contribution in [3.05, 3.63) is 139 Å². The van der Waals surface area contributed by atoms with Gasteiger partial charge in [-0.1, -0.05) is 91.9 Å². The van der Waals surface area contributed by atoms with E-state index in [1.165, 1.54) is 28.0 Å². The lowest BCUT2D eigenvalue weighted by Crippen LogP contribution is -2.30. The molecule has 2 nitrogen and oxygen atoms in total. The fraction of sp³-hybridized carbons (Fsp3) is 0.200. The van der Waals surface area contributed by atoms with Gasteiger partial charge in [0.1, 0.15) is 7.05 Å². The molecule has 0 N–H and O–H groups in total. The Labute approximate surface area is 224 Å². The number of aromatic nitrogens is 2. The second-order valence-corrected chi connectivity index (χ2v) is 8.53. The molecule has 2 heteroatoms. The third-order valence-electron chi connectivity index (χ3n) is 5.77. The van der Waals surface area contributed by atoms with Crippen LogP contribution in [0.4, 0.5) is 0 Å². The van der Waals surface area contributed by atoms with E-state index in [0.29, 0.717) is 0 Å². The van der Waals surface area contributed by atoms with Crippen molar-refractivity contribution in [1.82, 2.24) is 4.98 Å². The van der Waals surface area contributed by atoms with E-state index in [0.717, 1.165) is 17.7 Å². The predicted molar refractivity (Wildman–Crippen MR) is 161 cm³/mol. The smallest absolute Gasteiger partial charge is 0.213 e. The highest BCUT2D eigenvalue weighted by Crippen LogP contribution is 2.24. The molecule has 0 fully saturated rings. The molecule has 2 aromatic heterocycles. The Balaban J connectivity index is 0.000000238. The van der Waals surface area contributed by atoms with E-state index in [1.54, 1.807) is 0 Å². The lowest BCUT2D eigenvalue weighted by atomic mass is 10.00. The minimum atomic E-state index is 1.03. The fourth-order valence-electron chi connectivity index (χ4n) is 3.79. The van der Waals surface area contributed by atoms with Crippen molar-refractivity contribution in [3.8, 4) is 22.5 Å². The van der Waals surface area contributed by atoms with Gasteiger partial charge >= 0.3 is 0 Å². The van der Waals surface area contributed by atoms with Gasteiger partial charge < -0.3 is 0 Å². The molecular formula is C35H41N2+. The molecule has 0 radical (unpaired) electrons. The van der Waals surface area contributed by atoms with Crippen LogP contribution in [-0.4, -0.2) is 4.98 Å². The Morgan fingerprint density at radius 1 is 0.838 bits per heavy atom. The Kier molecular flexibility index (Phi) is 13.1. The van der Waals surface area contributed by atoms with Gasteiger partial charge in [0.15, 0.2) is 6.20 Å². The SMILES string of the molecule is C/C=C\C(=C/C)c1cc[n+](C)c(-c2ccccc2C)c1.CC=CCC.c1ccc(-c2ccccn2)cc1. The molecule has 0 spiro atoms. The molecule has 0 saturated carbocycles. The largest absolute Gasteiger partial charge is 0.256 e. The minimum Gasteiger partial charge on any atom is -0.256 e. The maximum atomic E-state index is 4.25. The number of pyridine rings is 2. The minimum absolute atomic E-state index is 1.03. The number of allylic oxidation sites excluding steroid dienone is 6. The molecular weight excluding hydrogens is 448 g/mol. The van der Waals surface area contributed by atoms with Crippen molar-refractivity contribution in [2.45, 2.75) is 41.0 Å². The molecule has 0 aliphatic carbocycles. The molecule has 37 heavy (non-hydrogen) atoms. The first-order valence-corrected chi connectivity index (χ1v) is 13.0. The molecule has 0 amide bonds. The van der Waals surface area contributed by atoms with Gasteiger partial charge in [-0.05, 0) is 69.0 Å². The van der Waals surface area contributed by atoms with Crippen molar-refractivity contribution in [3.63, 3.8) is 0 Å². The lowest BCUT2D eigenvalue weighted by Gasteiger charge is -2.07. The highest BCUT2D eigenvalue weighted by atomic mass is 14.9. The molecule has 2 aromatic carbocycles. The monoisotopic (exact) mass is 489 g/mol. The van der Waals surface area contributed by atoms with Gasteiger partial charge in [0.05, 0.1) is 5.69 Å². The van der Waals surface area contributed by atoms with Crippen molar-refractivity contribution >= 4 is 5.57 Å². The molecule has 0 unspecified atom stereocenters. The standard InChI is InChI=1S/C19H22N.C11H9N.C5H10/c1-5-9-16(6-2)17-12-13-20(4)19(14-17)18-11-8-7-10-15(18)3;1-2-6-10(7-3-1)11-8-4-5-9-12-11;1-3-5-4-2/h5-14H,1-4H3;1-9H;3,5H,4H2,1-2H3/q+1;;/b9-5-,16-6+;;. The zero-order valence-electron chi connectivity index (χ0n) is 23.2. The summed E-state index contributed by atoms with van der Waals surface area (Å²) in [4.78, 5) is 4.25. The van der Waals surface area contributed by atoms with Gasteiger partial charge in [0, 0.05) is 29.5 Å². The van der Waals surface area contributed by atoms with Crippen LogP contribution in [0.1, 0.15) is 45.2 Å². The van der Waals surface area contributed by atoms with Crippen LogP contribution < -0.4 is 4.57 Å². The van der Waals surface area contributed by atoms with E-state index in [4.69, 9.17) is 0 Å². The molecule has 0 bridgehead atoms. The average molecular weight is 490 g/mol. The summed E-state index contributed by atoms with van der Waals surface area (Å²) in [5.41, 5.74) is 8.52. The summed E-state index contributed by atoms with van der Waals surface area (Å²) in [5.74, 6) is 0. The maximum absolute atomic E-state index is 4.25. The third kappa shape index (κ3) is 9.50. The van der Waals surface area contributed by atoms with E-state index >= 15 is 0 Å². The highest BCUT2D eigenvalue weighted by Gasteiger charge is 2.13. The van der Waals surface area contributed by atoms with Gasteiger partial charge in [0.2, 0.25) is 5.69 Å². The van der Waals surface area contributed by atoms with Crippen LogP contribution in [0.5, 0.6) is 0 Å². The van der Waals surface area contributed by atoms with Gasteiger partial charge in [-0.3, -0.25) is 4.98 Å². The molecule has 0 aliphatic heterocycles. The van der Waals surface area contributed by atoms with E-state index in [-0.39, 0.29) is 0 Å². The fourth-order valence-corrected chi connectivity index (χ4v) is 3.79. The van der Waals surface area contributed by atoms with Crippen molar-refractivity contribution < 1.29 is 4.57 Å². The quantitative estimate of drug-likeness (QED) is 0.155. The molecule has 4 rings (SSSR count). The summed E-state index contributed by atoms with van der Waals surface area (Å²) in [6.07, 6.45) is 15.7. The summed E-state index contributed by atoms with van der Waals surface area (Å²) in [6, 6.07) is 29.0. The first kappa shape index (κ1) is 29.2. The number of rotatable bonds is 5. The number of aryl methyl sites for hydroxylation is 2. The van der Waals surface area contributed by atoms with Crippen LogP contribution in [0.15, 0.2) is 128 Å². The van der Waals surface area contributed by atoms with Gasteiger partial charge in [-0.15, -0.1) is 0 Å². The van der Waals surface area contributed by atoms with Crippen molar-refractivity contribution in [2.24, 2.45) is 7.05 Å². The summed E-state index contributed by atoms with van der Waals surface area (Å²) in [6.45, 7) is 10.4. The van der Waals surface area contributed by atoms with Crippen molar-refractivity contribution in [1.29, 1.82) is 0 Å². The summed E-state index contributed by atoms with van der Waals surface area (Å²) < 4.78 is 2.18. The summed E-state index contributed by atoms with van der Waals surface area (Å²) in [7, 11) is 2.09. The highest BCUT2D eigenvalue weighted by molar-refractivity contribution is 5.76. The molecule has 190 valence electrons. The Morgan fingerprint density at radius 3 is 2.11 bits per heavy atom. The number of benzene rings is 2. The molecule has 0 saturated heterocycles. The van der Waals surface area contributed by atoms with Gasteiger partial charge in [0.25, 0.3) is 0 Å². The summed E-state index contributed by atoms with van der Waals surface area (Å²) in [5, 5.41) is 0. The van der Waals surface area contributed by atoms with E-state index in [2.05, 4.69) is 129 Å². The topological polar surface area (TPSA) is 16.8 Å². The second kappa shape index (κ2) is 16.6. The number of hydrogen-bond donors (Lipinski definition) is 0. The van der Waals surface area contributed by atoms with Crippen LogP contribution in [0.3, 0.4) is 0 Å². The van der Waals surface area contributed by atoms with Gasteiger partial charge in [-0.2, -0.15) is 0 Å². The van der Waals surface area contributed by atoms with Crippen LogP contribution in [0, 0.1) is 6.92 Å². The molecule has 0 atom stereocenters. The normalized spacial score (nSPS) is 11.0. The Hall–Kier alpha value is -4.04. The Bertz CT molecular complexity index is 1250. The predicted octanol–water partition coefficient (Wildman–Crippen LogP) is 9.19. The summed E-state index contributed by atoms with van der Waals surface area (Å²) >= 11 is 0. The van der Waals surface area contributed by atoms with Crippen molar-refractivity contribution in [2.75, 3.05) is 0 Å². The second-order valence-electron chi connectivity index (χ2n) is 8.53. The third-order valence-corrected chi connectivity index (χ3v) is 5.77. The first-order valence-electron chi connectivity index (χ1n) is 13.0. The van der Waals surface area contributed by atoms with E-state index in [9.17, 15) is 0 Å². The van der Waals surface area contributed by atoms with Crippen LogP contribution >= 0.6 is 0 Å². The lowest BCUT2D eigenvalue weighted by molar-refractivity contribution is -0.660. The number of hydrogen-bond acceptors (Lipinski definition) is 1. The van der Waals surface area contributed by atoms with Gasteiger partial charge in [-0.25, -0.2) is 4.57 Å². The molecule has 4 aromatic rings. The zero-order valence-corrected chi connectivity index (χ0v) is 23.2. The van der Waals surface area contributed by atoms with Crippen LogP contribution in [-0.2, 0) is 7.05 Å². The molecule has 2 heterocycles. The van der Waals surface area contributed by atoms with Crippen LogP contribution in [0.25, 0.3) is 28.1 Å².